The van der Waals surface area contributed by atoms with Crippen molar-refractivity contribution in [3.8, 4) is 0 Å². The normalized spacial score (nSPS) is 10.6. The molecule has 19 heavy (non-hydrogen) atoms. The van der Waals surface area contributed by atoms with Crippen molar-refractivity contribution in [1.29, 1.82) is 0 Å². The Hall–Kier alpha value is -1.25. The monoisotopic (exact) mass is 297 g/mol. The van der Waals surface area contributed by atoms with Crippen molar-refractivity contribution in [2.24, 2.45) is 0 Å². The summed E-state index contributed by atoms with van der Waals surface area (Å²) in [5.74, 6) is 1.48. The van der Waals surface area contributed by atoms with Gasteiger partial charge >= 0.3 is 0 Å². The Bertz CT molecular complexity index is 506. The highest BCUT2D eigenvalue weighted by molar-refractivity contribution is 8.00. The van der Waals surface area contributed by atoms with E-state index in [-0.39, 0.29) is 0 Å². The Kier molecular flexibility index (Phi) is 5.49. The van der Waals surface area contributed by atoms with E-state index >= 15 is 0 Å². The minimum atomic E-state index is 0.394. The Morgan fingerprint density at radius 2 is 2.32 bits per heavy atom. The summed E-state index contributed by atoms with van der Waals surface area (Å²) in [4.78, 5) is 13.0. The number of methoxy groups -OCH3 is 1. The summed E-state index contributed by atoms with van der Waals surface area (Å²) in [6, 6.07) is 1.92. The van der Waals surface area contributed by atoms with E-state index in [1.807, 2.05) is 6.07 Å². The molecule has 0 saturated carbocycles. The summed E-state index contributed by atoms with van der Waals surface area (Å²) in [6.45, 7) is 3.39. The second-order valence-corrected chi connectivity index (χ2v) is 5.72. The van der Waals surface area contributed by atoms with Gasteiger partial charge in [0.15, 0.2) is 10.2 Å². The Labute approximate surface area is 120 Å². The highest BCUT2D eigenvalue weighted by Crippen LogP contribution is 2.27. The third kappa shape index (κ3) is 4.41. The zero-order valence-electron chi connectivity index (χ0n) is 10.8. The Morgan fingerprint density at radius 1 is 1.42 bits per heavy atom. The van der Waals surface area contributed by atoms with Gasteiger partial charge in [0.1, 0.15) is 23.8 Å². The van der Waals surface area contributed by atoms with Gasteiger partial charge < -0.3 is 10.1 Å². The third-order valence-corrected chi connectivity index (χ3v) is 3.74. The van der Waals surface area contributed by atoms with Gasteiger partial charge in [0, 0.05) is 19.7 Å². The van der Waals surface area contributed by atoms with E-state index in [0.717, 1.165) is 28.1 Å². The second kappa shape index (κ2) is 7.37. The maximum absolute atomic E-state index is 5.09. The van der Waals surface area contributed by atoms with Crippen LogP contribution < -0.4 is 5.32 Å². The largest absolute Gasteiger partial charge is 0.377 e. The van der Waals surface area contributed by atoms with Gasteiger partial charge in [-0.2, -0.15) is 4.37 Å². The average Bonchev–Trinajstić information content (AvgIpc) is 2.89. The molecule has 0 atom stereocenters. The molecule has 2 aromatic rings. The van der Waals surface area contributed by atoms with E-state index in [1.165, 1.54) is 23.3 Å². The van der Waals surface area contributed by atoms with E-state index in [9.17, 15) is 0 Å². The van der Waals surface area contributed by atoms with Crippen LogP contribution in [-0.4, -0.2) is 33.0 Å². The number of ether oxygens (including phenoxy) is 1. The van der Waals surface area contributed by atoms with Crippen LogP contribution in [-0.2, 0) is 11.3 Å². The fourth-order valence-electron chi connectivity index (χ4n) is 1.36. The molecule has 0 unspecified atom stereocenters. The predicted molar refractivity (Wildman–Crippen MR) is 75.6 cm³/mol. The number of hydrogen-bond acceptors (Lipinski definition) is 8. The molecule has 102 valence electrons. The Morgan fingerprint density at radius 3 is 3.00 bits per heavy atom. The maximum atomic E-state index is 5.09. The summed E-state index contributed by atoms with van der Waals surface area (Å²) in [6.07, 6.45) is 2.59. The molecule has 2 rings (SSSR count). The molecule has 8 heteroatoms. The first-order chi connectivity index (χ1) is 9.31. The van der Waals surface area contributed by atoms with Crippen molar-refractivity contribution in [2.45, 2.75) is 29.3 Å². The van der Waals surface area contributed by atoms with Crippen LogP contribution >= 0.6 is 23.3 Å². The van der Waals surface area contributed by atoms with Crippen LogP contribution in [0.4, 0.5) is 5.82 Å². The quantitative estimate of drug-likeness (QED) is 0.787. The van der Waals surface area contributed by atoms with Crippen molar-refractivity contribution in [3.63, 3.8) is 0 Å². The number of nitrogens with one attached hydrogen (secondary N) is 1. The van der Waals surface area contributed by atoms with Crippen molar-refractivity contribution in [1.82, 2.24) is 19.3 Å². The first-order valence-electron chi connectivity index (χ1n) is 5.87. The SMILES string of the molecule is CCCNc1cc(Sc2ncns2)nc(COC)n1. The van der Waals surface area contributed by atoms with Gasteiger partial charge in [0.25, 0.3) is 0 Å². The van der Waals surface area contributed by atoms with Gasteiger partial charge in [-0.05, 0) is 29.7 Å². The lowest BCUT2D eigenvalue weighted by Gasteiger charge is -2.08. The summed E-state index contributed by atoms with van der Waals surface area (Å²) in [5.41, 5.74) is 0. The van der Waals surface area contributed by atoms with Gasteiger partial charge in [-0.25, -0.2) is 15.0 Å². The number of hydrogen-bond donors (Lipinski definition) is 1. The number of aromatic nitrogens is 4. The molecule has 0 spiro atoms. The summed E-state index contributed by atoms with van der Waals surface area (Å²) in [5, 5.41) is 4.11. The molecule has 0 aromatic carbocycles. The standard InChI is InChI=1S/C11H15N5OS2/c1-3-4-12-8-5-10(16-9(15-8)6-17-2)18-11-13-7-14-19-11/h5,7H,3-4,6H2,1-2H3,(H,12,15,16). The molecular formula is C11H15N5OS2. The molecule has 1 N–H and O–H groups in total. The minimum Gasteiger partial charge on any atom is -0.377 e. The van der Waals surface area contributed by atoms with Gasteiger partial charge in [0.2, 0.25) is 0 Å². The zero-order valence-corrected chi connectivity index (χ0v) is 12.4. The van der Waals surface area contributed by atoms with E-state index in [4.69, 9.17) is 4.74 Å². The highest BCUT2D eigenvalue weighted by Gasteiger charge is 2.08. The lowest BCUT2D eigenvalue weighted by molar-refractivity contribution is 0.177. The molecule has 0 bridgehead atoms. The van der Waals surface area contributed by atoms with Gasteiger partial charge in [-0.15, -0.1) is 0 Å². The predicted octanol–water partition coefficient (Wildman–Crippen LogP) is 2.45. The minimum absolute atomic E-state index is 0.394. The molecule has 2 aromatic heterocycles. The van der Waals surface area contributed by atoms with Gasteiger partial charge in [-0.1, -0.05) is 6.92 Å². The number of nitrogens with zero attached hydrogens (tertiary/aromatic N) is 4. The summed E-state index contributed by atoms with van der Waals surface area (Å²) >= 11 is 2.83. The van der Waals surface area contributed by atoms with E-state index in [2.05, 4.69) is 31.6 Å². The molecule has 2 heterocycles. The van der Waals surface area contributed by atoms with Crippen LogP contribution in [0.5, 0.6) is 0 Å². The average molecular weight is 297 g/mol. The van der Waals surface area contributed by atoms with Gasteiger partial charge in [-0.3, -0.25) is 0 Å². The van der Waals surface area contributed by atoms with Crippen LogP contribution in [0.3, 0.4) is 0 Å². The summed E-state index contributed by atoms with van der Waals surface area (Å²) < 4.78 is 9.93. The fraction of sp³-hybridized carbons (Fsp3) is 0.455. The van der Waals surface area contributed by atoms with Crippen molar-refractivity contribution < 1.29 is 4.74 Å². The zero-order chi connectivity index (χ0) is 13.5. The lowest BCUT2D eigenvalue weighted by atomic mass is 10.4. The molecule has 0 saturated heterocycles. The highest BCUT2D eigenvalue weighted by atomic mass is 32.2. The van der Waals surface area contributed by atoms with Crippen molar-refractivity contribution in [2.75, 3.05) is 19.0 Å². The molecule has 0 aliphatic rings. The van der Waals surface area contributed by atoms with Gasteiger partial charge in [0.05, 0.1) is 0 Å². The van der Waals surface area contributed by atoms with E-state index < -0.39 is 0 Å². The first kappa shape index (κ1) is 14.2. The molecule has 0 aliphatic heterocycles. The van der Waals surface area contributed by atoms with Crippen LogP contribution in [0.25, 0.3) is 0 Å². The molecule has 0 radical (unpaired) electrons. The van der Waals surface area contributed by atoms with Crippen molar-refractivity contribution in [3.05, 3.63) is 18.2 Å². The first-order valence-corrected chi connectivity index (χ1v) is 7.46. The third-order valence-electron chi connectivity index (χ3n) is 2.11. The lowest BCUT2D eigenvalue weighted by Crippen LogP contribution is -2.06. The summed E-state index contributed by atoms with van der Waals surface area (Å²) in [7, 11) is 1.63. The van der Waals surface area contributed by atoms with Crippen LogP contribution in [0.1, 0.15) is 19.2 Å². The van der Waals surface area contributed by atoms with Crippen LogP contribution in [0.2, 0.25) is 0 Å². The van der Waals surface area contributed by atoms with E-state index in [1.54, 1.807) is 13.4 Å². The molecule has 6 nitrogen and oxygen atoms in total. The number of rotatable bonds is 7. The second-order valence-electron chi connectivity index (χ2n) is 3.68. The molecule has 0 amide bonds. The van der Waals surface area contributed by atoms with Crippen molar-refractivity contribution >= 4 is 29.1 Å². The fourth-order valence-corrected chi connectivity index (χ4v) is 2.77. The smallest absolute Gasteiger partial charge is 0.175 e. The molecule has 0 aliphatic carbocycles. The maximum Gasteiger partial charge on any atom is 0.175 e. The van der Waals surface area contributed by atoms with Crippen LogP contribution in [0, 0.1) is 0 Å². The molecule has 0 fully saturated rings. The Balaban J connectivity index is 2.17. The van der Waals surface area contributed by atoms with E-state index in [0.29, 0.717) is 12.4 Å². The number of anilines is 1. The van der Waals surface area contributed by atoms with Crippen LogP contribution in [0.15, 0.2) is 21.8 Å². The molecular weight excluding hydrogens is 282 g/mol. The topological polar surface area (TPSA) is 72.8 Å².